The van der Waals surface area contributed by atoms with Gasteiger partial charge < -0.3 is 9.80 Å². The largest absolute Gasteiger partial charge is 0.341 e. The van der Waals surface area contributed by atoms with Crippen LogP contribution >= 0.6 is 10.9 Å². The summed E-state index contributed by atoms with van der Waals surface area (Å²) in [7, 11) is 1.73. The Morgan fingerprint density at radius 3 is 2.62 bits per heavy atom. The summed E-state index contributed by atoms with van der Waals surface area (Å²) >= 11 is 0. The van der Waals surface area contributed by atoms with Crippen molar-refractivity contribution in [1.29, 1.82) is 0 Å². The van der Waals surface area contributed by atoms with Crippen LogP contribution in [-0.2, 0) is 4.79 Å². The molecule has 2 heterocycles. The van der Waals surface area contributed by atoms with E-state index in [0.717, 1.165) is 23.7 Å². The van der Waals surface area contributed by atoms with Gasteiger partial charge in [-0.3, -0.25) is 4.79 Å². The fraction of sp³-hybridized carbons (Fsp3) is 0.227. The standard InChI is InChI=1S/C22H22N2OS/c1-4-23-17(8-7-16-12-15(3)6-10-19(16)23)13-22-24(5-2)20-14-18(25)9-11-21(20)26-22/h6-14H,4-5H2,1-3H3/b17-13+. The summed E-state index contributed by atoms with van der Waals surface area (Å²) in [5.41, 5.74) is 5.99. The quantitative estimate of drug-likeness (QED) is 0.597. The third kappa shape index (κ3) is 2.80. The van der Waals surface area contributed by atoms with E-state index in [1.807, 2.05) is 6.08 Å². The summed E-state index contributed by atoms with van der Waals surface area (Å²) in [6.07, 6.45) is 11.9. The van der Waals surface area contributed by atoms with Gasteiger partial charge in [0.2, 0.25) is 0 Å². The number of nitrogens with zero attached hydrogens (tertiary/aromatic N) is 2. The number of aryl methyl sites for hydroxylation is 1. The van der Waals surface area contributed by atoms with E-state index >= 15 is 0 Å². The van der Waals surface area contributed by atoms with Gasteiger partial charge in [0.05, 0.1) is 15.6 Å². The van der Waals surface area contributed by atoms with Crippen LogP contribution < -0.4 is 4.90 Å². The molecule has 1 aromatic carbocycles. The number of hydrogen-bond acceptors (Lipinski definition) is 3. The predicted octanol–water partition coefficient (Wildman–Crippen LogP) is 4.13. The first-order chi connectivity index (χ1) is 12.6. The molecule has 0 aromatic heterocycles. The van der Waals surface area contributed by atoms with Crippen LogP contribution in [0.15, 0.2) is 60.0 Å². The van der Waals surface area contributed by atoms with Gasteiger partial charge in [0.1, 0.15) is 0 Å². The molecule has 132 valence electrons. The third-order valence-corrected chi connectivity index (χ3v) is 5.94. The van der Waals surface area contributed by atoms with Gasteiger partial charge in [0.25, 0.3) is 0 Å². The fourth-order valence-corrected chi connectivity index (χ4v) is 4.73. The molecule has 0 atom stereocenters. The number of anilines is 1. The maximum Gasteiger partial charge on any atom is 0.180 e. The molecule has 0 saturated carbocycles. The topological polar surface area (TPSA) is 23.6 Å². The van der Waals surface area contributed by atoms with Crippen LogP contribution in [0, 0.1) is 6.92 Å². The van der Waals surface area contributed by atoms with Crippen molar-refractivity contribution in [1.82, 2.24) is 4.90 Å². The zero-order valence-electron chi connectivity index (χ0n) is 15.3. The first-order valence-electron chi connectivity index (χ1n) is 9.02. The molecule has 0 unspecified atom stereocenters. The Morgan fingerprint density at radius 1 is 1.04 bits per heavy atom. The lowest BCUT2D eigenvalue weighted by Crippen LogP contribution is -2.30. The van der Waals surface area contributed by atoms with Gasteiger partial charge in [-0.1, -0.05) is 17.7 Å². The van der Waals surface area contributed by atoms with Crippen molar-refractivity contribution in [2.24, 2.45) is 0 Å². The van der Waals surface area contributed by atoms with E-state index in [-0.39, 0.29) is 5.78 Å². The van der Waals surface area contributed by atoms with Crippen LogP contribution in [0.4, 0.5) is 5.69 Å². The van der Waals surface area contributed by atoms with Crippen LogP contribution in [0.2, 0.25) is 0 Å². The Balaban J connectivity index is 1.76. The molecular formula is C22H22N2OS. The normalized spacial score (nSPS) is 19.7. The molecule has 0 fully saturated rings. The second-order valence-electron chi connectivity index (χ2n) is 6.52. The Hall–Kier alpha value is -2.59. The van der Waals surface area contributed by atoms with E-state index in [0.29, 0.717) is 0 Å². The van der Waals surface area contributed by atoms with Crippen molar-refractivity contribution >= 4 is 38.3 Å². The smallest absolute Gasteiger partial charge is 0.180 e. The number of carbonyl (C=O) groups excluding carboxylic acids is 1. The summed E-state index contributed by atoms with van der Waals surface area (Å²) in [4.78, 5) is 18.7. The molecule has 2 aliphatic heterocycles. The highest BCUT2D eigenvalue weighted by Crippen LogP contribution is 2.32. The Morgan fingerprint density at radius 2 is 1.85 bits per heavy atom. The van der Waals surface area contributed by atoms with Gasteiger partial charge in [-0.05, 0) is 62.8 Å². The molecule has 0 radical (unpaired) electrons. The molecule has 0 saturated heterocycles. The number of fused-ring (bicyclic) bond motifs is 2. The SMILES string of the molecule is CCN1C2=CC(=O)C=CC2=S=C1/C=C1\C=Cc2cc(C)ccc2N1CC. The average Bonchev–Trinajstić information content (AvgIpc) is 2.97. The maximum absolute atomic E-state index is 11.8. The first kappa shape index (κ1) is 16.9. The molecule has 4 rings (SSSR count). The Kier molecular flexibility index (Phi) is 4.29. The van der Waals surface area contributed by atoms with Gasteiger partial charge in [-0.15, -0.1) is 10.9 Å². The highest BCUT2D eigenvalue weighted by Gasteiger charge is 2.25. The summed E-state index contributed by atoms with van der Waals surface area (Å²) < 4.78 is 0. The van der Waals surface area contributed by atoms with Gasteiger partial charge in [0.15, 0.2) is 5.78 Å². The summed E-state index contributed by atoms with van der Waals surface area (Å²) in [6.45, 7) is 8.18. The van der Waals surface area contributed by atoms with Crippen molar-refractivity contribution < 1.29 is 4.79 Å². The number of allylic oxidation sites excluding steroid dienone is 4. The lowest BCUT2D eigenvalue weighted by Gasteiger charge is -2.30. The predicted molar refractivity (Wildman–Crippen MR) is 114 cm³/mol. The molecular weight excluding hydrogens is 340 g/mol. The third-order valence-electron chi connectivity index (χ3n) is 4.82. The van der Waals surface area contributed by atoms with Gasteiger partial charge in [0, 0.05) is 30.5 Å². The van der Waals surface area contributed by atoms with E-state index in [1.54, 1.807) is 23.1 Å². The van der Waals surface area contributed by atoms with Crippen LogP contribution in [0.3, 0.4) is 0 Å². The number of benzene rings is 1. The number of rotatable bonds is 3. The second-order valence-corrected chi connectivity index (χ2v) is 7.59. The highest BCUT2D eigenvalue weighted by atomic mass is 32.1. The van der Waals surface area contributed by atoms with E-state index in [4.69, 9.17) is 0 Å². The highest BCUT2D eigenvalue weighted by molar-refractivity contribution is 7.99. The molecule has 4 heteroatoms. The Bertz CT molecular complexity index is 987. The number of likely N-dealkylation sites (N-methyl/N-ethyl adjacent to an activating group) is 2. The van der Waals surface area contributed by atoms with Gasteiger partial charge in [-0.2, -0.15) is 0 Å². The monoisotopic (exact) mass is 362 g/mol. The van der Waals surface area contributed by atoms with Crippen molar-refractivity contribution in [3.05, 3.63) is 71.1 Å². The van der Waals surface area contributed by atoms with Gasteiger partial charge in [-0.25, -0.2) is 0 Å². The maximum atomic E-state index is 11.8. The summed E-state index contributed by atoms with van der Waals surface area (Å²) in [5.74, 6) is 0.0637. The van der Waals surface area contributed by atoms with E-state index in [1.165, 1.54) is 27.5 Å². The van der Waals surface area contributed by atoms with Crippen LogP contribution in [0.1, 0.15) is 25.0 Å². The molecule has 26 heavy (non-hydrogen) atoms. The van der Waals surface area contributed by atoms with Crippen molar-refractivity contribution in [2.45, 2.75) is 20.8 Å². The minimum Gasteiger partial charge on any atom is -0.341 e. The van der Waals surface area contributed by atoms with E-state index < -0.39 is 0 Å². The molecule has 0 bridgehead atoms. The zero-order valence-corrected chi connectivity index (χ0v) is 16.1. The summed E-state index contributed by atoms with van der Waals surface area (Å²) in [6, 6.07) is 6.60. The lowest BCUT2D eigenvalue weighted by molar-refractivity contribution is -0.110. The molecule has 1 aliphatic carbocycles. The molecule has 3 aliphatic rings. The number of carbonyl (C=O) groups is 1. The lowest BCUT2D eigenvalue weighted by atomic mass is 10.0. The molecule has 0 spiro atoms. The number of ketones is 1. The van der Waals surface area contributed by atoms with Crippen LogP contribution in [-0.4, -0.2) is 33.6 Å². The second kappa shape index (κ2) is 6.61. The zero-order chi connectivity index (χ0) is 18.3. The van der Waals surface area contributed by atoms with Crippen molar-refractivity contribution in [3.63, 3.8) is 0 Å². The number of hydrogen-bond donors (Lipinski definition) is 0. The van der Waals surface area contributed by atoms with Crippen LogP contribution in [0.5, 0.6) is 0 Å². The summed E-state index contributed by atoms with van der Waals surface area (Å²) in [5, 5.41) is 0. The van der Waals surface area contributed by atoms with Gasteiger partial charge >= 0.3 is 0 Å². The van der Waals surface area contributed by atoms with Crippen molar-refractivity contribution in [3.8, 4) is 0 Å². The van der Waals surface area contributed by atoms with E-state index in [9.17, 15) is 4.79 Å². The fourth-order valence-electron chi connectivity index (χ4n) is 3.58. The van der Waals surface area contributed by atoms with Crippen molar-refractivity contribution in [2.75, 3.05) is 18.0 Å². The first-order valence-corrected chi connectivity index (χ1v) is 9.83. The minimum absolute atomic E-state index is 0.0637. The minimum atomic E-state index is 0.0637. The molecule has 3 nitrogen and oxygen atoms in total. The molecule has 0 amide bonds. The van der Waals surface area contributed by atoms with E-state index in [2.05, 4.69) is 67.0 Å². The van der Waals surface area contributed by atoms with Crippen LogP contribution in [0.25, 0.3) is 6.08 Å². The Labute approximate surface area is 158 Å². The molecule has 0 N–H and O–H groups in total. The average molecular weight is 362 g/mol. The molecule has 1 aromatic rings.